The molecule has 1 atom stereocenters. The van der Waals surface area contributed by atoms with Crippen molar-refractivity contribution in [1.82, 2.24) is 5.32 Å². The molecule has 160 valence electrons. The molecule has 2 N–H and O–H groups in total. The first-order valence-electron chi connectivity index (χ1n) is 10.0. The molecule has 0 bridgehead atoms. The van der Waals surface area contributed by atoms with Gasteiger partial charge in [0.05, 0.1) is 0 Å². The summed E-state index contributed by atoms with van der Waals surface area (Å²) in [5.74, 6) is -1.23. The molecule has 0 aliphatic heterocycles. The monoisotopic (exact) mass is 491 g/mol. The second kappa shape index (κ2) is 8.16. The molecule has 1 aliphatic carbocycles. The number of carbonyl (C=O) groups is 2. The first-order valence-corrected chi connectivity index (χ1v) is 10.8. The first kappa shape index (κ1) is 20.3. The van der Waals surface area contributed by atoms with Crippen LogP contribution in [0.3, 0.4) is 0 Å². The van der Waals surface area contributed by atoms with E-state index in [0.29, 0.717) is 5.58 Å². The Labute approximate surface area is 191 Å². The third-order valence-electron chi connectivity index (χ3n) is 5.63. The standard InChI is InChI=1S/C25H18BrNO5/c26-15-9-10-21-14(11-15)12-22(32-21)23(24(28)29)27-25(30)31-13-20-18-7-3-1-5-16(18)17-6-2-4-8-19(17)20/h1-12,20,23H,13H2,(H,27,30)(H,28,29). The van der Waals surface area contributed by atoms with Crippen molar-refractivity contribution < 1.29 is 23.8 Å². The van der Waals surface area contributed by atoms with Gasteiger partial charge in [-0.2, -0.15) is 0 Å². The highest BCUT2D eigenvalue weighted by molar-refractivity contribution is 9.10. The zero-order chi connectivity index (χ0) is 22.2. The van der Waals surface area contributed by atoms with Gasteiger partial charge in [-0.1, -0.05) is 64.5 Å². The topological polar surface area (TPSA) is 88.8 Å². The summed E-state index contributed by atoms with van der Waals surface area (Å²) >= 11 is 3.38. The third kappa shape index (κ3) is 3.65. The number of fused-ring (bicyclic) bond motifs is 4. The van der Waals surface area contributed by atoms with Crippen molar-refractivity contribution in [2.45, 2.75) is 12.0 Å². The minimum atomic E-state index is -1.36. The minimum absolute atomic E-state index is 0.0965. The van der Waals surface area contributed by atoms with Crippen molar-refractivity contribution in [2.24, 2.45) is 0 Å². The number of furan rings is 1. The van der Waals surface area contributed by atoms with Gasteiger partial charge >= 0.3 is 12.1 Å². The Bertz CT molecular complexity index is 1300. The predicted octanol–water partition coefficient (Wildman–Crippen LogP) is 5.86. The van der Waals surface area contributed by atoms with E-state index in [2.05, 4.69) is 33.4 Å². The van der Waals surface area contributed by atoms with Crippen molar-refractivity contribution in [2.75, 3.05) is 6.61 Å². The molecule has 0 radical (unpaired) electrons. The Kier molecular flexibility index (Phi) is 5.19. The average Bonchev–Trinajstić information content (AvgIpc) is 3.34. The van der Waals surface area contributed by atoms with Gasteiger partial charge < -0.3 is 19.6 Å². The number of hydrogen-bond acceptors (Lipinski definition) is 4. The van der Waals surface area contributed by atoms with E-state index in [-0.39, 0.29) is 18.3 Å². The van der Waals surface area contributed by atoms with E-state index in [0.717, 1.165) is 32.1 Å². The van der Waals surface area contributed by atoms with Crippen molar-refractivity contribution >= 4 is 39.0 Å². The number of aliphatic carboxylic acids is 1. The summed E-state index contributed by atoms with van der Waals surface area (Å²) in [4.78, 5) is 24.4. The Morgan fingerprint density at radius 3 is 2.31 bits per heavy atom. The molecule has 6 nitrogen and oxygen atoms in total. The molecule has 1 heterocycles. The van der Waals surface area contributed by atoms with E-state index in [4.69, 9.17) is 9.15 Å². The second-order valence-electron chi connectivity index (χ2n) is 7.57. The zero-order valence-electron chi connectivity index (χ0n) is 16.7. The summed E-state index contributed by atoms with van der Waals surface area (Å²) < 4.78 is 12.0. The highest BCUT2D eigenvalue weighted by Crippen LogP contribution is 2.44. The Morgan fingerprint density at radius 2 is 1.66 bits per heavy atom. The number of carbonyl (C=O) groups excluding carboxylic acids is 1. The number of ether oxygens (including phenoxy) is 1. The molecule has 1 amide bonds. The molecule has 0 fully saturated rings. The number of benzene rings is 3. The van der Waals surface area contributed by atoms with Crippen molar-refractivity contribution in [3.05, 3.63) is 94.2 Å². The van der Waals surface area contributed by atoms with Gasteiger partial charge in [0, 0.05) is 15.8 Å². The number of alkyl carbamates (subject to hydrolysis) is 1. The minimum Gasteiger partial charge on any atom is -0.479 e. The summed E-state index contributed by atoms with van der Waals surface area (Å²) in [6.07, 6.45) is -0.819. The number of halogens is 1. The number of carboxylic acid groups (broad SMARTS) is 1. The molecule has 0 spiro atoms. The van der Waals surface area contributed by atoms with Crippen molar-refractivity contribution in [3.63, 3.8) is 0 Å². The lowest BCUT2D eigenvalue weighted by molar-refractivity contribution is -0.140. The molecular weight excluding hydrogens is 474 g/mol. The summed E-state index contributed by atoms with van der Waals surface area (Å²) in [6, 6.07) is 21.6. The lowest BCUT2D eigenvalue weighted by Crippen LogP contribution is -2.34. The van der Waals surface area contributed by atoms with Crippen LogP contribution < -0.4 is 5.32 Å². The van der Waals surface area contributed by atoms with Gasteiger partial charge in [-0.25, -0.2) is 9.59 Å². The van der Waals surface area contributed by atoms with Gasteiger partial charge in [0.2, 0.25) is 0 Å². The Hall–Kier alpha value is -3.58. The van der Waals surface area contributed by atoms with Crippen LogP contribution in [-0.2, 0) is 9.53 Å². The number of rotatable bonds is 5. The predicted molar refractivity (Wildman–Crippen MR) is 122 cm³/mol. The van der Waals surface area contributed by atoms with Gasteiger partial charge in [-0.3, -0.25) is 0 Å². The normalized spacial score (nSPS) is 13.4. The zero-order valence-corrected chi connectivity index (χ0v) is 18.3. The van der Waals surface area contributed by atoms with Crippen LogP contribution in [0, 0.1) is 0 Å². The van der Waals surface area contributed by atoms with E-state index >= 15 is 0 Å². The average molecular weight is 492 g/mol. The second-order valence-corrected chi connectivity index (χ2v) is 8.49. The van der Waals surface area contributed by atoms with Gasteiger partial charge in [-0.05, 0) is 46.5 Å². The summed E-state index contributed by atoms with van der Waals surface area (Å²) in [6.45, 7) is 0.0965. The Balaban J connectivity index is 1.33. The molecule has 3 aromatic carbocycles. The van der Waals surface area contributed by atoms with E-state index in [9.17, 15) is 14.7 Å². The number of amides is 1. The van der Waals surface area contributed by atoms with Crippen LogP contribution >= 0.6 is 15.9 Å². The number of nitrogens with one attached hydrogen (secondary N) is 1. The lowest BCUT2D eigenvalue weighted by atomic mass is 9.98. The highest BCUT2D eigenvalue weighted by Gasteiger charge is 2.31. The van der Waals surface area contributed by atoms with Crippen LogP contribution in [0.1, 0.15) is 28.8 Å². The van der Waals surface area contributed by atoms with Crippen molar-refractivity contribution in [3.8, 4) is 11.1 Å². The fourth-order valence-corrected chi connectivity index (χ4v) is 4.57. The van der Waals surface area contributed by atoms with Crippen LogP contribution in [0.5, 0.6) is 0 Å². The summed E-state index contributed by atoms with van der Waals surface area (Å²) in [7, 11) is 0. The van der Waals surface area contributed by atoms with Crippen LogP contribution in [0.2, 0.25) is 0 Å². The largest absolute Gasteiger partial charge is 0.479 e. The molecule has 1 aliphatic rings. The molecule has 1 aromatic heterocycles. The lowest BCUT2D eigenvalue weighted by Gasteiger charge is -2.16. The first-order chi connectivity index (χ1) is 15.5. The highest BCUT2D eigenvalue weighted by atomic mass is 79.9. The van der Waals surface area contributed by atoms with Gasteiger partial charge in [0.1, 0.15) is 18.0 Å². The quantitative estimate of drug-likeness (QED) is 0.365. The number of carboxylic acids is 1. The maximum Gasteiger partial charge on any atom is 0.408 e. The maximum absolute atomic E-state index is 12.5. The Morgan fingerprint density at radius 1 is 1.00 bits per heavy atom. The van der Waals surface area contributed by atoms with Crippen LogP contribution in [0.15, 0.2) is 81.7 Å². The fraction of sp³-hybridized carbons (Fsp3) is 0.120. The van der Waals surface area contributed by atoms with Crippen LogP contribution in [0.25, 0.3) is 22.1 Å². The smallest absolute Gasteiger partial charge is 0.408 e. The molecule has 0 saturated heterocycles. The van der Waals surface area contributed by atoms with Gasteiger partial charge in [0.15, 0.2) is 6.04 Å². The molecule has 1 unspecified atom stereocenters. The molecular formula is C25H18BrNO5. The van der Waals surface area contributed by atoms with Crippen molar-refractivity contribution in [1.29, 1.82) is 0 Å². The molecule has 7 heteroatoms. The van der Waals surface area contributed by atoms with E-state index < -0.39 is 18.1 Å². The molecule has 0 saturated carbocycles. The number of hydrogen-bond donors (Lipinski definition) is 2. The third-order valence-corrected chi connectivity index (χ3v) is 6.13. The SMILES string of the molecule is O=C(NC(C(=O)O)c1cc2cc(Br)ccc2o1)OCC1c2ccccc2-c2ccccc21. The molecule has 32 heavy (non-hydrogen) atoms. The molecule has 5 rings (SSSR count). The van der Waals surface area contributed by atoms with E-state index in [1.54, 1.807) is 18.2 Å². The van der Waals surface area contributed by atoms with E-state index in [1.807, 2.05) is 42.5 Å². The molecule has 4 aromatic rings. The maximum atomic E-state index is 12.5. The van der Waals surface area contributed by atoms with E-state index in [1.165, 1.54) is 0 Å². The summed E-state index contributed by atoms with van der Waals surface area (Å²) in [5, 5.41) is 12.8. The van der Waals surface area contributed by atoms with Gasteiger partial charge in [-0.15, -0.1) is 0 Å². The van der Waals surface area contributed by atoms with Crippen LogP contribution in [-0.4, -0.2) is 23.8 Å². The fourth-order valence-electron chi connectivity index (χ4n) is 4.19. The summed E-state index contributed by atoms with van der Waals surface area (Å²) in [5.41, 5.74) is 4.94. The van der Waals surface area contributed by atoms with Crippen LogP contribution in [0.4, 0.5) is 4.79 Å². The van der Waals surface area contributed by atoms with Gasteiger partial charge in [0.25, 0.3) is 0 Å².